The molecule has 0 bridgehead atoms. The van der Waals surface area contributed by atoms with Gasteiger partial charge in [-0.3, -0.25) is 9.67 Å². The SMILES string of the molecule is Cn1ncc(Cl)c1C(N)c1cncc(Br)c1. The van der Waals surface area contributed by atoms with E-state index in [0.717, 1.165) is 15.7 Å². The lowest BCUT2D eigenvalue weighted by Gasteiger charge is -2.13. The van der Waals surface area contributed by atoms with Gasteiger partial charge < -0.3 is 5.73 Å². The molecule has 0 aromatic carbocycles. The molecule has 2 aromatic heterocycles. The lowest BCUT2D eigenvalue weighted by molar-refractivity contribution is 0.672. The third kappa shape index (κ3) is 2.11. The molecule has 4 nitrogen and oxygen atoms in total. The number of hydrogen-bond donors (Lipinski definition) is 1. The molecule has 0 saturated carbocycles. The summed E-state index contributed by atoms with van der Waals surface area (Å²) in [6.45, 7) is 0. The molecule has 0 saturated heterocycles. The van der Waals surface area contributed by atoms with Crippen LogP contribution >= 0.6 is 27.5 Å². The number of aryl methyl sites for hydroxylation is 1. The highest BCUT2D eigenvalue weighted by molar-refractivity contribution is 9.10. The monoisotopic (exact) mass is 300 g/mol. The minimum absolute atomic E-state index is 0.329. The van der Waals surface area contributed by atoms with E-state index in [2.05, 4.69) is 26.0 Å². The van der Waals surface area contributed by atoms with Gasteiger partial charge in [-0.15, -0.1) is 0 Å². The zero-order valence-corrected chi connectivity index (χ0v) is 10.9. The number of hydrogen-bond acceptors (Lipinski definition) is 3. The van der Waals surface area contributed by atoms with Crippen LogP contribution in [-0.4, -0.2) is 14.8 Å². The van der Waals surface area contributed by atoms with Crippen LogP contribution in [0.3, 0.4) is 0 Å². The highest BCUT2D eigenvalue weighted by Gasteiger charge is 2.17. The normalized spacial score (nSPS) is 12.8. The molecule has 2 heterocycles. The average Bonchev–Trinajstić information content (AvgIpc) is 2.58. The highest BCUT2D eigenvalue weighted by Crippen LogP contribution is 2.26. The third-order valence-corrected chi connectivity index (χ3v) is 3.04. The van der Waals surface area contributed by atoms with Crippen molar-refractivity contribution in [2.75, 3.05) is 0 Å². The molecule has 6 heteroatoms. The van der Waals surface area contributed by atoms with Gasteiger partial charge in [0.1, 0.15) is 0 Å². The molecular weight excluding hydrogens is 291 g/mol. The first-order chi connectivity index (χ1) is 7.59. The van der Waals surface area contributed by atoms with Crippen molar-refractivity contribution in [1.82, 2.24) is 14.8 Å². The Kier molecular flexibility index (Phi) is 3.28. The van der Waals surface area contributed by atoms with Crippen LogP contribution < -0.4 is 5.73 Å². The Morgan fingerprint density at radius 1 is 1.44 bits per heavy atom. The van der Waals surface area contributed by atoms with Gasteiger partial charge in [0.25, 0.3) is 0 Å². The van der Waals surface area contributed by atoms with Crippen LogP contribution in [0.4, 0.5) is 0 Å². The summed E-state index contributed by atoms with van der Waals surface area (Å²) in [6, 6.07) is 1.59. The van der Waals surface area contributed by atoms with Gasteiger partial charge in [0.05, 0.1) is 23.0 Å². The molecule has 0 aliphatic carbocycles. The van der Waals surface area contributed by atoms with Crippen LogP contribution in [0.15, 0.2) is 29.1 Å². The molecule has 1 unspecified atom stereocenters. The van der Waals surface area contributed by atoms with Crippen molar-refractivity contribution in [3.05, 3.63) is 45.4 Å². The first kappa shape index (κ1) is 11.6. The Morgan fingerprint density at radius 2 is 2.19 bits per heavy atom. The Morgan fingerprint density at radius 3 is 2.75 bits per heavy atom. The molecule has 2 N–H and O–H groups in total. The maximum absolute atomic E-state index is 6.13. The van der Waals surface area contributed by atoms with E-state index in [1.807, 2.05) is 13.1 Å². The molecular formula is C10H10BrClN4. The molecule has 0 spiro atoms. The van der Waals surface area contributed by atoms with E-state index >= 15 is 0 Å². The van der Waals surface area contributed by atoms with Gasteiger partial charge in [-0.1, -0.05) is 11.6 Å². The van der Waals surface area contributed by atoms with E-state index in [1.165, 1.54) is 0 Å². The minimum atomic E-state index is -0.329. The van der Waals surface area contributed by atoms with Gasteiger partial charge in [0, 0.05) is 23.9 Å². The second-order valence-corrected chi connectivity index (χ2v) is 4.74. The first-order valence-electron chi connectivity index (χ1n) is 4.63. The number of nitrogens with two attached hydrogens (primary N) is 1. The summed E-state index contributed by atoms with van der Waals surface area (Å²) in [5.41, 5.74) is 7.79. The molecule has 1 atom stereocenters. The van der Waals surface area contributed by atoms with E-state index in [0.29, 0.717) is 5.02 Å². The molecule has 2 rings (SSSR count). The zero-order chi connectivity index (χ0) is 11.7. The van der Waals surface area contributed by atoms with Crippen LogP contribution in [0.1, 0.15) is 17.3 Å². The van der Waals surface area contributed by atoms with Gasteiger partial charge in [-0.25, -0.2) is 0 Å². The van der Waals surface area contributed by atoms with Crippen molar-refractivity contribution in [2.24, 2.45) is 12.8 Å². The lowest BCUT2D eigenvalue weighted by Crippen LogP contribution is -2.16. The van der Waals surface area contributed by atoms with E-state index in [1.54, 1.807) is 23.3 Å². The first-order valence-corrected chi connectivity index (χ1v) is 5.80. The predicted molar refractivity (Wildman–Crippen MR) is 66.2 cm³/mol. The fraction of sp³-hybridized carbons (Fsp3) is 0.200. The third-order valence-electron chi connectivity index (χ3n) is 2.32. The topological polar surface area (TPSA) is 56.7 Å². The molecule has 84 valence electrons. The van der Waals surface area contributed by atoms with Crippen LogP contribution in [0, 0.1) is 0 Å². The highest BCUT2D eigenvalue weighted by atomic mass is 79.9. The zero-order valence-electron chi connectivity index (χ0n) is 8.56. The van der Waals surface area contributed by atoms with Crippen LogP contribution in [0.2, 0.25) is 5.02 Å². The van der Waals surface area contributed by atoms with Crippen molar-refractivity contribution in [3.63, 3.8) is 0 Å². The van der Waals surface area contributed by atoms with Gasteiger partial charge >= 0.3 is 0 Å². The molecule has 2 aromatic rings. The maximum Gasteiger partial charge on any atom is 0.0837 e. The second kappa shape index (κ2) is 4.53. The Labute approximate surface area is 107 Å². The minimum Gasteiger partial charge on any atom is -0.319 e. The van der Waals surface area contributed by atoms with Crippen molar-refractivity contribution >= 4 is 27.5 Å². The fourth-order valence-electron chi connectivity index (χ4n) is 1.53. The summed E-state index contributed by atoms with van der Waals surface area (Å²) in [5.74, 6) is 0. The lowest BCUT2D eigenvalue weighted by atomic mass is 10.1. The van der Waals surface area contributed by atoms with Crippen molar-refractivity contribution < 1.29 is 0 Å². The average molecular weight is 302 g/mol. The maximum atomic E-state index is 6.13. The van der Waals surface area contributed by atoms with E-state index in [-0.39, 0.29) is 6.04 Å². The number of aromatic nitrogens is 3. The van der Waals surface area contributed by atoms with Crippen molar-refractivity contribution in [1.29, 1.82) is 0 Å². The van der Waals surface area contributed by atoms with Crippen molar-refractivity contribution in [2.45, 2.75) is 6.04 Å². The van der Waals surface area contributed by atoms with Gasteiger partial charge in [0.2, 0.25) is 0 Å². The molecule has 16 heavy (non-hydrogen) atoms. The Balaban J connectivity index is 2.43. The quantitative estimate of drug-likeness (QED) is 0.926. The summed E-state index contributed by atoms with van der Waals surface area (Å²) in [4.78, 5) is 4.07. The largest absolute Gasteiger partial charge is 0.319 e. The summed E-state index contributed by atoms with van der Waals surface area (Å²) in [5, 5.41) is 4.62. The summed E-state index contributed by atoms with van der Waals surface area (Å²) >= 11 is 9.39. The van der Waals surface area contributed by atoms with E-state index in [9.17, 15) is 0 Å². The molecule has 0 aliphatic rings. The van der Waals surface area contributed by atoms with Crippen LogP contribution in [-0.2, 0) is 7.05 Å². The molecule has 0 fully saturated rings. The van der Waals surface area contributed by atoms with Crippen LogP contribution in [0.5, 0.6) is 0 Å². The summed E-state index contributed by atoms with van der Waals surface area (Å²) in [7, 11) is 1.81. The smallest absolute Gasteiger partial charge is 0.0837 e. The number of rotatable bonds is 2. The standard InChI is InChI=1S/C10H10BrClN4/c1-16-10(8(12)5-15-16)9(13)6-2-7(11)4-14-3-6/h2-5,9H,13H2,1H3. The second-order valence-electron chi connectivity index (χ2n) is 3.42. The number of halogens is 2. The van der Waals surface area contributed by atoms with Crippen molar-refractivity contribution in [3.8, 4) is 0 Å². The predicted octanol–water partition coefficient (Wildman–Crippen LogP) is 2.28. The molecule has 0 radical (unpaired) electrons. The Hall–Kier alpha value is -0.910. The number of nitrogens with zero attached hydrogens (tertiary/aromatic N) is 3. The molecule has 0 aliphatic heterocycles. The Bertz CT molecular complexity index is 492. The summed E-state index contributed by atoms with van der Waals surface area (Å²) in [6.07, 6.45) is 5.02. The molecule has 0 amide bonds. The van der Waals surface area contributed by atoms with Gasteiger partial charge in [-0.2, -0.15) is 5.10 Å². The number of pyridine rings is 1. The fourth-order valence-corrected chi connectivity index (χ4v) is 2.19. The van der Waals surface area contributed by atoms with Gasteiger partial charge in [-0.05, 0) is 27.6 Å². The van der Waals surface area contributed by atoms with E-state index in [4.69, 9.17) is 17.3 Å². The summed E-state index contributed by atoms with van der Waals surface area (Å²) < 4.78 is 2.56. The van der Waals surface area contributed by atoms with E-state index < -0.39 is 0 Å². The van der Waals surface area contributed by atoms with Crippen LogP contribution in [0.25, 0.3) is 0 Å². The van der Waals surface area contributed by atoms with Gasteiger partial charge in [0.15, 0.2) is 0 Å².